The molecular formula is C22H29NO4. The van der Waals surface area contributed by atoms with Crippen molar-refractivity contribution in [2.45, 2.75) is 45.1 Å². The van der Waals surface area contributed by atoms with Gasteiger partial charge in [0.1, 0.15) is 5.75 Å². The molecule has 0 fully saturated rings. The zero-order chi connectivity index (χ0) is 19.5. The highest BCUT2D eigenvalue weighted by atomic mass is 16.5. The molecule has 5 nitrogen and oxygen atoms in total. The van der Waals surface area contributed by atoms with Crippen molar-refractivity contribution in [3.63, 3.8) is 0 Å². The van der Waals surface area contributed by atoms with E-state index in [-0.39, 0.29) is 11.7 Å². The van der Waals surface area contributed by atoms with Crippen LogP contribution < -0.4 is 14.8 Å². The van der Waals surface area contributed by atoms with Gasteiger partial charge in [-0.2, -0.15) is 0 Å². The number of carbonyl (C=O) groups is 1. The van der Waals surface area contributed by atoms with Gasteiger partial charge in [0, 0.05) is 13.0 Å². The van der Waals surface area contributed by atoms with Gasteiger partial charge in [0.15, 0.2) is 11.5 Å². The molecule has 146 valence electrons. The van der Waals surface area contributed by atoms with Gasteiger partial charge in [0.25, 0.3) is 0 Å². The fraction of sp³-hybridized carbons (Fsp3) is 0.409. The zero-order valence-corrected chi connectivity index (χ0v) is 16.2. The van der Waals surface area contributed by atoms with E-state index in [1.165, 1.54) is 12.7 Å². The molecule has 0 aliphatic heterocycles. The number of carbonyl (C=O) groups excluding carboxylic acids is 1. The maximum Gasteiger partial charge on any atom is 0.220 e. The van der Waals surface area contributed by atoms with Crippen LogP contribution in [0.2, 0.25) is 0 Å². The highest BCUT2D eigenvalue weighted by Crippen LogP contribution is 2.26. The number of benzene rings is 2. The van der Waals surface area contributed by atoms with E-state index >= 15 is 0 Å². The van der Waals surface area contributed by atoms with Crippen LogP contribution in [0.4, 0.5) is 0 Å². The SMILES string of the molecule is COc1ccc(CCCCCCC(=O)NCc2ccc(O)c(OC)c2)cc1. The van der Waals surface area contributed by atoms with Crippen LogP contribution in [0.3, 0.4) is 0 Å². The summed E-state index contributed by atoms with van der Waals surface area (Å²) >= 11 is 0. The lowest BCUT2D eigenvalue weighted by atomic mass is 10.1. The van der Waals surface area contributed by atoms with Crippen molar-refractivity contribution in [2.24, 2.45) is 0 Å². The van der Waals surface area contributed by atoms with Crippen molar-refractivity contribution in [3.8, 4) is 17.2 Å². The van der Waals surface area contributed by atoms with Crippen molar-refractivity contribution in [1.82, 2.24) is 5.32 Å². The summed E-state index contributed by atoms with van der Waals surface area (Å²) in [4.78, 5) is 11.9. The lowest BCUT2D eigenvalue weighted by molar-refractivity contribution is -0.121. The molecule has 5 heteroatoms. The summed E-state index contributed by atoms with van der Waals surface area (Å²) < 4.78 is 10.2. The van der Waals surface area contributed by atoms with Gasteiger partial charge in [0.05, 0.1) is 14.2 Å². The highest BCUT2D eigenvalue weighted by Gasteiger charge is 2.05. The average molecular weight is 371 g/mol. The number of phenols is 1. The van der Waals surface area contributed by atoms with Gasteiger partial charge in [-0.15, -0.1) is 0 Å². The lowest BCUT2D eigenvalue weighted by Gasteiger charge is -2.08. The summed E-state index contributed by atoms with van der Waals surface area (Å²) in [6.45, 7) is 0.437. The van der Waals surface area contributed by atoms with Gasteiger partial charge >= 0.3 is 0 Å². The quantitative estimate of drug-likeness (QED) is 0.581. The van der Waals surface area contributed by atoms with E-state index in [4.69, 9.17) is 9.47 Å². The van der Waals surface area contributed by atoms with Crippen molar-refractivity contribution >= 4 is 5.91 Å². The van der Waals surface area contributed by atoms with Crippen molar-refractivity contribution in [2.75, 3.05) is 14.2 Å². The number of hydrogen-bond acceptors (Lipinski definition) is 4. The van der Waals surface area contributed by atoms with E-state index in [0.29, 0.717) is 18.7 Å². The number of aryl methyl sites for hydroxylation is 1. The van der Waals surface area contributed by atoms with Gasteiger partial charge in [-0.05, 0) is 54.7 Å². The number of ether oxygens (including phenoxy) is 2. The van der Waals surface area contributed by atoms with Crippen LogP contribution in [0.5, 0.6) is 17.2 Å². The first-order valence-electron chi connectivity index (χ1n) is 9.38. The van der Waals surface area contributed by atoms with Gasteiger partial charge in [-0.1, -0.05) is 31.0 Å². The van der Waals surface area contributed by atoms with Gasteiger partial charge in [-0.25, -0.2) is 0 Å². The van der Waals surface area contributed by atoms with E-state index in [0.717, 1.165) is 43.4 Å². The second kappa shape index (κ2) is 11.1. The molecule has 0 saturated carbocycles. The summed E-state index contributed by atoms with van der Waals surface area (Å²) in [6.07, 6.45) is 5.79. The fourth-order valence-electron chi connectivity index (χ4n) is 2.88. The monoisotopic (exact) mass is 371 g/mol. The minimum absolute atomic E-state index is 0.0530. The molecule has 0 unspecified atom stereocenters. The van der Waals surface area contributed by atoms with Gasteiger partial charge in [-0.3, -0.25) is 4.79 Å². The lowest BCUT2D eigenvalue weighted by Crippen LogP contribution is -2.22. The van der Waals surface area contributed by atoms with Crippen LogP contribution in [0.15, 0.2) is 42.5 Å². The largest absolute Gasteiger partial charge is 0.504 e. The van der Waals surface area contributed by atoms with E-state index < -0.39 is 0 Å². The molecule has 27 heavy (non-hydrogen) atoms. The van der Waals surface area contributed by atoms with Gasteiger partial charge < -0.3 is 19.9 Å². The normalized spacial score (nSPS) is 10.4. The number of amides is 1. The second-order valence-corrected chi connectivity index (χ2v) is 6.55. The Kier molecular flexibility index (Phi) is 8.49. The topological polar surface area (TPSA) is 67.8 Å². The van der Waals surface area contributed by atoms with Crippen LogP contribution in [-0.4, -0.2) is 25.2 Å². The average Bonchev–Trinajstić information content (AvgIpc) is 2.70. The number of methoxy groups -OCH3 is 2. The highest BCUT2D eigenvalue weighted by molar-refractivity contribution is 5.75. The molecule has 0 atom stereocenters. The Morgan fingerprint density at radius 2 is 1.63 bits per heavy atom. The molecule has 0 spiro atoms. The number of aromatic hydroxyl groups is 1. The minimum atomic E-state index is 0.0530. The molecule has 2 aromatic carbocycles. The molecule has 2 rings (SSSR count). The van der Waals surface area contributed by atoms with Crippen molar-refractivity contribution in [3.05, 3.63) is 53.6 Å². The summed E-state index contributed by atoms with van der Waals surface area (Å²) in [5.74, 6) is 1.45. The first kappa shape index (κ1) is 20.6. The van der Waals surface area contributed by atoms with Gasteiger partial charge in [0.2, 0.25) is 5.91 Å². The molecule has 0 aliphatic carbocycles. The number of unbranched alkanes of at least 4 members (excludes halogenated alkanes) is 3. The summed E-state index contributed by atoms with van der Waals surface area (Å²) in [6, 6.07) is 13.3. The number of hydrogen-bond donors (Lipinski definition) is 2. The Hall–Kier alpha value is -2.69. The van der Waals surface area contributed by atoms with E-state index in [9.17, 15) is 9.90 Å². The smallest absolute Gasteiger partial charge is 0.220 e. The third-order valence-electron chi connectivity index (χ3n) is 4.51. The van der Waals surface area contributed by atoms with Crippen LogP contribution in [0, 0.1) is 0 Å². The molecule has 0 heterocycles. The maximum atomic E-state index is 11.9. The second-order valence-electron chi connectivity index (χ2n) is 6.55. The minimum Gasteiger partial charge on any atom is -0.504 e. The Morgan fingerprint density at radius 3 is 2.33 bits per heavy atom. The van der Waals surface area contributed by atoms with E-state index in [2.05, 4.69) is 17.4 Å². The number of phenolic OH excluding ortho intramolecular Hbond substituents is 1. The summed E-state index contributed by atoms with van der Waals surface area (Å²) in [7, 11) is 3.18. The Labute approximate surface area is 161 Å². The van der Waals surface area contributed by atoms with Crippen LogP contribution in [0.25, 0.3) is 0 Å². The molecule has 0 saturated heterocycles. The molecule has 0 bridgehead atoms. The standard InChI is InChI=1S/C22H29NO4/c1-26-19-12-9-17(10-13-19)7-5-3-4-6-8-22(25)23-16-18-11-14-20(24)21(15-18)27-2/h9-15,24H,3-8,16H2,1-2H3,(H,23,25). The molecule has 2 aromatic rings. The fourth-order valence-corrected chi connectivity index (χ4v) is 2.88. The van der Waals surface area contributed by atoms with Crippen LogP contribution in [-0.2, 0) is 17.8 Å². The van der Waals surface area contributed by atoms with E-state index in [1.54, 1.807) is 25.3 Å². The van der Waals surface area contributed by atoms with Crippen LogP contribution >= 0.6 is 0 Å². The first-order valence-corrected chi connectivity index (χ1v) is 9.38. The van der Waals surface area contributed by atoms with Crippen molar-refractivity contribution in [1.29, 1.82) is 0 Å². The number of nitrogens with one attached hydrogen (secondary N) is 1. The molecule has 0 aromatic heterocycles. The third-order valence-corrected chi connectivity index (χ3v) is 4.51. The molecule has 0 radical (unpaired) electrons. The van der Waals surface area contributed by atoms with E-state index in [1.807, 2.05) is 12.1 Å². The molecule has 0 aliphatic rings. The predicted molar refractivity (Wildman–Crippen MR) is 106 cm³/mol. The van der Waals surface area contributed by atoms with Crippen LogP contribution in [0.1, 0.15) is 43.2 Å². The molecule has 1 amide bonds. The Morgan fingerprint density at radius 1 is 0.926 bits per heavy atom. The molecule has 2 N–H and O–H groups in total. The first-order chi connectivity index (χ1) is 13.1. The number of rotatable bonds is 11. The maximum absolute atomic E-state index is 11.9. The summed E-state index contributed by atoms with van der Waals surface area (Å²) in [5.41, 5.74) is 2.22. The Balaban J connectivity index is 1.56. The molecular weight excluding hydrogens is 342 g/mol. The Bertz CT molecular complexity index is 713. The zero-order valence-electron chi connectivity index (χ0n) is 16.2. The summed E-state index contributed by atoms with van der Waals surface area (Å²) in [5, 5.41) is 12.5. The van der Waals surface area contributed by atoms with Crippen molar-refractivity contribution < 1.29 is 19.4 Å². The third kappa shape index (κ3) is 7.21. The predicted octanol–water partition coefficient (Wildman–Crippen LogP) is 4.22.